The smallest absolute Gasteiger partial charge is 0.429 e. The lowest BCUT2D eigenvalue weighted by molar-refractivity contribution is -0.169. The van der Waals surface area contributed by atoms with Gasteiger partial charge in [-0.1, -0.05) is 0 Å². The lowest BCUT2D eigenvalue weighted by Crippen LogP contribution is -2.23. The van der Waals surface area contributed by atoms with E-state index in [1.807, 2.05) is 0 Å². The van der Waals surface area contributed by atoms with Crippen LogP contribution in [0.3, 0.4) is 0 Å². The van der Waals surface area contributed by atoms with Gasteiger partial charge in [0.05, 0.1) is 5.36 Å². The molecule has 0 aliphatic rings. The molecule has 0 spiro atoms. The van der Waals surface area contributed by atoms with E-state index in [0.717, 1.165) is 24.5 Å². The van der Waals surface area contributed by atoms with Gasteiger partial charge in [0.15, 0.2) is 0 Å². The van der Waals surface area contributed by atoms with Gasteiger partial charge in [-0.05, 0) is 12.1 Å². The van der Waals surface area contributed by atoms with Crippen molar-refractivity contribution in [2.75, 3.05) is 0 Å². The highest BCUT2D eigenvalue weighted by atomic mass is 19.4. The van der Waals surface area contributed by atoms with E-state index >= 15 is 0 Å². The van der Waals surface area contributed by atoms with Gasteiger partial charge in [0.25, 0.3) is 0 Å². The maximum Gasteiger partial charge on any atom is 0.473 e. The van der Waals surface area contributed by atoms with Crippen molar-refractivity contribution in [1.82, 2.24) is 4.73 Å². The second-order valence-corrected chi connectivity index (χ2v) is 2.35. The Hall–Kier alpha value is -1.79. The Morgan fingerprint density at radius 1 is 1.36 bits per heavy atom. The summed E-state index contributed by atoms with van der Waals surface area (Å²) in [7, 11) is 0. The van der Waals surface area contributed by atoms with Crippen molar-refractivity contribution in [3.8, 4) is 0 Å². The molecule has 7 heteroatoms. The van der Waals surface area contributed by atoms with E-state index in [1.165, 1.54) is 0 Å². The molecule has 76 valence electrons. The van der Waals surface area contributed by atoms with Crippen LogP contribution in [0.1, 0.15) is 0 Å². The summed E-state index contributed by atoms with van der Waals surface area (Å²) in [6.07, 6.45) is -2.85. The van der Waals surface area contributed by atoms with Crippen LogP contribution in [0.5, 0.6) is 0 Å². The molecule has 1 aromatic heterocycles. The number of rotatable bonds is 0. The first-order chi connectivity index (χ1) is 6.39. The molecule has 1 N–H and O–H groups in total. The molecule has 0 aliphatic heterocycles. The summed E-state index contributed by atoms with van der Waals surface area (Å²) in [6, 6.07) is 2.15. The number of hydrogen-bond donors (Lipinski definition) is 1. The fourth-order valence-electron chi connectivity index (χ4n) is 0.666. The molecule has 0 aliphatic carbocycles. The topological polar surface area (TPSA) is 54.6 Å². The normalized spacial score (nSPS) is 11.1. The van der Waals surface area contributed by atoms with Crippen LogP contribution in [0.15, 0.2) is 29.5 Å². The van der Waals surface area contributed by atoms with Gasteiger partial charge in [0, 0.05) is 12.4 Å². The summed E-state index contributed by atoms with van der Waals surface area (Å²) in [6.45, 7) is 0. The Balaban J connectivity index is 3.00. The number of pyridine rings is 1. The zero-order valence-electron chi connectivity index (χ0n) is 6.69. The largest absolute Gasteiger partial charge is 0.473 e. The molecule has 1 amide bonds. The van der Waals surface area contributed by atoms with Gasteiger partial charge in [0.2, 0.25) is 0 Å². The molecule has 0 saturated carbocycles. The minimum atomic E-state index is -4.97. The van der Waals surface area contributed by atoms with Crippen LogP contribution < -0.4 is 5.36 Å². The average molecular weight is 206 g/mol. The van der Waals surface area contributed by atoms with E-state index in [1.54, 1.807) is 0 Å². The van der Waals surface area contributed by atoms with Gasteiger partial charge in [0.1, 0.15) is 0 Å². The highest BCUT2D eigenvalue weighted by molar-refractivity contribution is 5.82. The maximum absolute atomic E-state index is 11.7. The van der Waals surface area contributed by atoms with Gasteiger partial charge in [-0.3, -0.25) is 4.79 Å². The predicted molar refractivity (Wildman–Crippen MR) is 38.2 cm³/mol. The fraction of sp³-hybridized carbons (Fsp3) is 0.143. The number of carbonyl (C=O) groups excluding carboxylic acids is 1. The Labute approximate surface area is 75.9 Å². The number of alkyl halides is 3. The summed E-state index contributed by atoms with van der Waals surface area (Å²) in [5.41, 5.74) is 0. The van der Waals surface area contributed by atoms with E-state index in [-0.39, 0.29) is 5.36 Å². The third kappa shape index (κ3) is 2.61. The minimum absolute atomic E-state index is 0.169. The van der Waals surface area contributed by atoms with Crippen molar-refractivity contribution in [3.63, 3.8) is 0 Å². The predicted octanol–water partition coefficient (Wildman–Crippen LogP) is 0.715. The van der Waals surface area contributed by atoms with Crippen molar-refractivity contribution >= 4 is 5.91 Å². The van der Waals surface area contributed by atoms with Crippen molar-refractivity contribution in [2.45, 2.75) is 6.18 Å². The van der Waals surface area contributed by atoms with Crippen LogP contribution >= 0.6 is 0 Å². The monoisotopic (exact) mass is 206 g/mol. The van der Waals surface area contributed by atoms with Gasteiger partial charge in [-0.25, -0.2) is 9.72 Å². The van der Waals surface area contributed by atoms with Crippen molar-refractivity contribution in [3.05, 3.63) is 29.9 Å². The molecule has 0 unspecified atom stereocenters. The Bertz CT molecular complexity index is 388. The zero-order valence-corrected chi connectivity index (χ0v) is 6.69. The first kappa shape index (κ1) is 10.3. The lowest BCUT2D eigenvalue weighted by atomic mass is 10.4. The molecule has 0 saturated heterocycles. The van der Waals surface area contributed by atoms with Gasteiger partial charge < -0.3 is 5.21 Å². The third-order valence-corrected chi connectivity index (χ3v) is 1.27. The number of amides is 1. The average Bonchev–Trinajstić information content (AvgIpc) is 2.07. The van der Waals surface area contributed by atoms with Crippen LogP contribution in [-0.4, -0.2) is 22.0 Å². The summed E-state index contributed by atoms with van der Waals surface area (Å²) in [5, 5.41) is 8.55. The number of hydrogen-bond acceptors (Lipinski definition) is 2. The molecule has 0 aromatic carbocycles. The summed E-state index contributed by atoms with van der Waals surface area (Å²) >= 11 is 0. The molecule has 1 aromatic rings. The van der Waals surface area contributed by atoms with Gasteiger partial charge in [-0.15, -0.1) is 0 Å². The molecule has 0 fully saturated rings. The fourth-order valence-corrected chi connectivity index (χ4v) is 0.666. The van der Waals surface area contributed by atoms with Gasteiger partial charge >= 0.3 is 12.1 Å². The second-order valence-electron chi connectivity index (χ2n) is 2.35. The Kier molecular flexibility index (Phi) is 2.59. The lowest BCUT2D eigenvalue weighted by Gasteiger charge is -1.98. The van der Waals surface area contributed by atoms with Crippen LogP contribution in [0, 0.1) is 0 Å². The first-order valence-corrected chi connectivity index (χ1v) is 3.43. The second kappa shape index (κ2) is 3.52. The van der Waals surface area contributed by atoms with Crippen LogP contribution in [0.25, 0.3) is 0 Å². The number of nitrogens with zero attached hydrogens (tertiary/aromatic N) is 2. The first-order valence-electron chi connectivity index (χ1n) is 3.43. The van der Waals surface area contributed by atoms with Gasteiger partial charge in [-0.2, -0.15) is 13.2 Å². The van der Waals surface area contributed by atoms with E-state index in [2.05, 4.69) is 4.99 Å². The van der Waals surface area contributed by atoms with Crippen LogP contribution in [-0.2, 0) is 4.79 Å². The van der Waals surface area contributed by atoms with Crippen LogP contribution in [0.4, 0.5) is 13.2 Å². The van der Waals surface area contributed by atoms with Crippen molar-refractivity contribution in [1.29, 1.82) is 0 Å². The quantitative estimate of drug-likeness (QED) is 0.635. The van der Waals surface area contributed by atoms with Crippen LogP contribution in [0.2, 0.25) is 0 Å². The number of carbonyl (C=O) groups is 1. The van der Waals surface area contributed by atoms with Crippen molar-refractivity contribution < 1.29 is 23.2 Å². The molecule has 4 nitrogen and oxygen atoms in total. The molecule has 14 heavy (non-hydrogen) atoms. The SMILES string of the molecule is O=C(N=c1ccn(O)cc1)C(F)(F)F. The number of halogens is 3. The van der Waals surface area contributed by atoms with E-state index in [9.17, 15) is 18.0 Å². The zero-order chi connectivity index (χ0) is 10.8. The van der Waals surface area contributed by atoms with E-state index in [4.69, 9.17) is 5.21 Å². The summed E-state index contributed by atoms with van der Waals surface area (Å²) < 4.78 is 35.8. The molecule has 0 atom stereocenters. The molecule has 0 bridgehead atoms. The van der Waals surface area contributed by atoms with E-state index < -0.39 is 12.1 Å². The summed E-state index contributed by atoms with van der Waals surface area (Å²) in [4.78, 5) is 13.1. The van der Waals surface area contributed by atoms with Crippen molar-refractivity contribution in [2.24, 2.45) is 4.99 Å². The molecule has 0 radical (unpaired) electrons. The molecule has 1 rings (SSSR count). The van der Waals surface area contributed by atoms with E-state index in [0.29, 0.717) is 4.73 Å². The standard InChI is InChI=1S/C7H5F3N2O2/c8-7(9,10)6(13)11-5-1-3-12(14)4-2-5/h1-4,14H. The molecular formula is C7H5F3N2O2. The highest BCUT2D eigenvalue weighted by Crippen LogP contribution is 2.15. The molecule has 1 heterocycles. The third-order valence-electron chi connectivity index (χ3n) is 1.27. The highest BCUT2D eigenvalue weighted by Gasteiger charge is 2.38. The Morgan fingerprint density at radius 3 is 2.29 bits per heavy atom. The maximum atomic E-state index is 11.7. The Morgan fingerprint density at radius 2 is 1.86 bits per heavy atom. The minimum Gasteiger partial charge on any atom is -0.429 e. The summed E-state index contributed by atoms with van der Waals surface area (Å²) in [5.74, 6) is -2.17. The number of aromatic nitrogens is 1. The molecular weight excluding hydrogens is 201 g/mol.